The zero-order valence-corrected chi connectivity index (χ0v) is 9.47. The third-order valence-electron chi connectivity index (χ3n) is 2.45. The van der Waals surface area contributed by atoms with Gasteiger partial charge in [0.05, 0.1) is 6.42 Å². The zero-order valence-electron chi connectivity index (χ0n) is 9.47. The number of carbonyl (C=O) groups is 1. The summed E-state index contributed by atoms with van der Waals surface area (Å²) in [6.45, 7) is 1.72. The van der Waals surface area contributed by atoms with E-state index in [1.165, 1.54) is 0 Å². The van der Waals surface area contributed by atoms with Gasteiger partial charge in [0.2, 0.25) is 5.91 Å². The number of hydrogen-bond acceptors (Lipinski definition) is 3. The Labute approximate surface area is 92.9 Å². The second kappa shape index (κ2) is 6.70. The molecule has 0 radical (unpaired) electrons. The SMILES string of the molecule is CC(CCC(=O)NN)N(C)CCC(F)(F)F. The van der Waals surface area contributed by atoms with Gasteiger partial charge in [-0.05, 0) is 20.4 Å². The van der Waals surface area contributed by atoms with E-state index in [-0.39, 0.29) is 24.9 Å². The van der Waals surface area contributed by atoms with Gasteiger partial charge in [0.25, 0.3) is 0 Å². The average Bonchev–Trinajstić information content (AvgIpc) is 2.20. The van der Waals surface area contributed by atoms with Gasteiger partial charge < -0.3 is 4.90 Å². The largest absolute Gasteiger partial charge is 0.390 e. The summed E-state index contributed by atoms with van der Waals surface area (Å²) in [5.74, 6) is 4.58. The molecule has 16 heavy (non-hydrogen) atoms. The lowest BCUT2D eigenvalue weighted by Crippen LogP contribution is -2.35. The lowest BCUT2D eigenvalue weighted by molar-refractivity contribution is -0.138. The molecule has 1 unspecified atom stereocenters. The molecule has 0 aliphatic carbocycles. The fourth-order valence-corrected chi connectivity index (χ4v) is 1.16. The van der Waals surface area contributed by atoms with Gasteiger partial charge in [-0.1, -0.05) is 0 Å². The second-order valence-corrected chi connectivity index (χ2v) is 3.80. The molecular formula is C9H18F3N3O. The molecule has 0 saturated heterocycles. The Kier molecular flexibility index (Phi) is 6.35. The molecule has 0 heterocycles. The molecule has 0 aliphatic heterocycles. The Bertz CT molecular complexity index is 221. The molecule has 1 atom stereocenters. The highest BCUT2D eigenvalue weighted by Crippen LogP contribution is 2.20. The summed E-state index contributed by atoms with van der Waals surface area (Å²) in [4.78, 5) is 12.4. The minimum atomic E-state index is -4.14. The molecule has 96 valence electrons. The summed E-state index contributed by atoms with van der Waals surface area (Å²) < 4.78 is 35.8. The Hall–Kier alpha value is -0.820. The van der Waals surface area contributed by atoms with Gasteiger partial charge >= 0.3 is 6.18 Å². The first-order valence-electron chi connectivity index (χ1n) is 5.02. The summed E-state index contributed by atoms with van der Waals surface area (Å²) in [6, 6.07) is -0.0837. The molecule has 0 aromatic heterocycles. The van der Waals surface area contributed by atoms with E-state index in [0.29, 0.717) is 6.42 Å². The van der Waals surface area contributed by atoms with Crippen LogP contribution in [0.3, 0.4) is 0 Å². The first-order valence-corrected chi connectivity index (χ1v) is 5.02. The number of alkyl halides is 3. The number of rotatable bonds is 6. The summed E-state index contributed by atoms with van der Waals surface area (Å²) in [5, 5.41) is 0. The summed E-state index contributed by atoms with van der Waals surface area (Å²) >= 11 is 0. The Morgan fingerprint density at radius 1 is 1.50 bits per heavy atom. The van der Waals surface area contributed by atoms with Crippen molar-refractivity contribution in [3.8, 4) is 0 Å². The van der Waals surface area contributed by atoms with Gasteiger partial charge in [0.15, 0.2) is 0 Å². The number of hydrogen-bond donors (Lipinski definition) is 2. The van der Waals surface area contributed by atoms with Crippen LogP contribution in [-0.4, -0.2) is 36.6 Å². The predicted molar refractivity (Wildman–Crippen MR) is 54.3 cm³/mol. The predicted octanol–water partition coefficient (Wildman–Crippen LogP) is 1.03. The highest BCUT2D eigenvalue weighted by molar-refractivity contribution is 5.75. The average molecular weight is 241 g/mol. The number of nitrogens with one attached hydrogen (secondary N) is 1. The maximum absolute atomic E-state index is 11.9. The van der Waals surface area contributed by atoms with Gasteiger partial charge in [-0.25, -0.2) is 5.84 Å². The van der Waals surface area contributed by atoms with Crippen molar-refractivity contribution in [3.63, 3.8) is 0 Å². The topological polar surface area (TPSA) is 58.4 Å². The third-order valence-corrected chi connectivity index (χ3v) is 2.45. The van der Waals surface area contributed by atoms with E-state index in [9.17, 15) is 18.0 Å². The summed E-state index contributed by atoms with van der Waals surface area (Å²) in [5.41, 5.74) is 1.98. The number of halogens is 3. The fourth-order valence-electron chi connectivity index (χ4n) is 1.16. The maximum Gasteiger partial charge on any atom is 0.390 e. The lowest BCUT2D eigenvalue weighted by atomic mass is 10.1. The van der Waals surface area contributed by atoms with Crippen LogP contribution in [0.15, 0.2) is 0 Å². The molecule has 1 amide bonds. The van der Waals surface area contributed by atoms with Gasteiger partial charge in [0.1, 0.15) is 0 Å². The van der Waals surface area contributed by atoms with Crippen LogP contribution in [0.5, 0.6) is 0 Å². The highest BCUT2D eigenvalue weighted by atomic mass is 19.4. The lowest BCUT2D eigenvalue weighted by Gasteiger charge is -2.24. The van der Waals surface area contributed by atoms with E-state index >= 15 is 0 Å². The fraction of sp³-hybridized carbons (Fsp3) is 0.889. The van der Waals surface area contributed by atoms with E-state index in [2.05, 4.69) is 0 Å². The van der Waals surface area contributed by atoms with Crippen LogP contribution < -0.4 is 11.3 Å². The smallest absolute Gasteiger partial charge is 0.303 e. The molecule has 0 fully saturated rings. The first-order chi connectivity index (χ1) is 7.26. The van der Waals surface area contributed by atoms with E-state index < -0.39 is 12.6 Å². The van der Waals surface area contributed by atoms with Crippen molar-refractivity contribution in [2.75, 3.05) is 13.6 Å². The van der Waals surface area contributed by atoms with Gasteiger partial charge in [-0.2, -0.15) is 13.2 Å². The molecule has 0 bridgehead atoms. The molecule has 0 aromatic carbocycles. The Balaban J connectivity index is 3.81. The molecule has 0 aromatic rings. The normalized spacial score (nSPS) is 13.9. The third kappa shape index (κ3) is 7.47. The number of hydrazine groups is 1. The maximum atomic E-state index is 11.9. The molecule has 0 spiro atoms. The van der Waals surface area contributed by atoms with E-state index in [4.69, 9.17) is 5.84 Å². The first kappa shape index (κ1) is 15.2. The molecule has 7 heteroatoms. The van der Waals surface area contributed by atoms with Gasteiger partial charge in [0, 0.05) is 19.0 Å². The minimum absolute atomic E-state index is 0.0606. The van der Waals surface area contributed by atoms with Crippen molar-refractivity contribution in [2.24, 2.45) is 5.84 Å². The highest BCUT2D eigenvalue weighted by Gasteiger charge is 2.27. The number of nitrogens with zero attached hydrogens (tertiary/aromatic N) is 1. The summed E-state index contributed by atoms with van der Waals surface area (Å²) in [6.07, 6.45) is -4.27. The van der Waals surface area contributed by atoms with Crippen molar-refractivity contribution < 1.29 is 18.0 Å². The molecule has 0 saturated carbocycles. The second-order valence-electron chi connectivity index (χ2n) is 3.80. The van der Waals surface area contributed by atoms with E-state index in [1.807, 2.05) is 5.43 Å². The van der Waals surface area contributed by atoms with Crippen molar-refractivity contribution >= 4 is 5.91 Å². The van der Waals surface area contributed by atoms with Crippen LogP contribution in [-0.2, 0) is 4.79 Å². The minimum Gasteiger partial charge on any atom is -0.303 e. The van der Waals surface area contributed by atoms with Crippen LogP contribution in [0.2, 0.25) is 0 Å². The van der Waals surface area contributed by atoms with E-state index in [1.54, 1.807) is 18.9 Å². The Morgan fingerprint density at radius 3 is 2.50 bits per heavy atom. The quantitative estimate of drug-likeness (QED) is 0.415. The zero-order chi connectivity index (χ0) is 12.8. The molecule has 4 nitrogen and oxygen atoms in total. The van der Waals surface area contributed by atoms with Crippen molar-refractivity contribution in [3.05, 3.63) is 0 Å². The van der Waals surface area contributed by atoms with Crippen LogP contribution in [0.25, 0.3) is 0 Å². The standard InChI is InChI=1S/C9H18F3N3O/c1-7(3-4-8(16)14-13)15(2)6-5-9(10,11)12/h7H,3-6,13H2,1-2H3,(H,14,16). The van der Waals surface area contributed by atoms with E-state index in [0.717, 1.165) is 0 Å². The van der Waals surface area contributed by atoms with Gasteiger partial charge in [-0.15, -0.1) is 0 Å². The number of amides is 1. The number of nitrogens with two attached hydrogens (primary N) is 1. The molecular weight excluding hydrogens is 223 g/mol. The Morgan fingerprint density at radius 2 is 2.06 bits per heavy atom. The van der Waals surface area contributed by atoms with Crippen molar-refractivity contribution in [1.82, 2.24) is 10.3 Å². The summed E-state index contributed by atoms with van der Waals surface area (Å²) in [7, 11) is 1.61. The molecule has 0 rings (SSSR count). The monoisotopic (exact) mass is 241 g/mol. The number of carbonyl (C=O) groups excluding carboxylic acids is 1. The van der Waals surface area contributed by atoms with Crippen LogP contribution >= 0.6 is 0 Å². The van der Waals surface area contributed by atoms with Crippen molar-refractivity contribution in [2.45, 2.75) is 38.4 Å². The van der Waals surface area contributed by atoms with Crippen LogP contribution in [0.4, 0.5) is 13.2 Å². The molecule has 3 N–H and O–H groups in total. The van der Waals surface area contributed by atoms with Crippen LogP contribution in [0.1, 0.15) is 26.2 Å². The van der Waals surface area contributed by atoms with Crippen molar-refractivity contribution in [1.29, 1.82) is 0 Å². The van der Waals surface area contributed by atoms with Gasteiger partial charge in [-0.3, -0.25) is 10.2 Å². The van der Waals surface area contributed by atoms with Crippen LogP contribution in [0, 0.1) is 0 Å². The molecule has 0 aliphatic rings.